The van der Waals surface area contributed by atoms with E-state index in [-0.39, 0.29) is 6.03 Å². The molecule has 0 aromatic carbocycles. The van der Waals surface area contributed by atoms with Gasteiger partial charge in [0.2, 0.25) is 0 Å². The normalized spacial score (nSPS) is 25.2. The molecule has 3 aliphatic rings. The van der Waals surface area contributed by atoms with Crippen LogP contribution in [0.2, 0.25) is 0 Å². The Morgan fingerprint density at radius 2 is 2.00 bits per heavy atom. The third kappa shape index (κ3) is 3.45. The minimum absolute atomic E-state index is 0.158. The Labute approximate surface area is 144 Å². The van der Waals surface area contributed by atoms with Gasteiger partial charge >= 0.3 is 6.03 Å². The van der Waals surface area contributed by atoms with Gasteiger partial charge in [0, 0.05) is 43.5 Å². The van der Waals surface area contributed by atoms with Crippen molar-refractivity contribution in [2.75, 3.05) is 13.1 Å². The first-order valence-corrected chi connectivity index (χ1v) is 9.79. The summed E-state index contributed by atoms with van der Waals surface area (Å²) in [7, 11) is 0. The van der Waals surface area contributed by atoms with E-state index in [9.17, 15) is 4.79 Å². The van der Waals surface area contributed by atoms with Gasteiger partial charge < -0.3 is 14.8 Å². The summed E-state index contributed by atoms with van der Waals surface area (Å²) in [6.45, 7) is 3.94. The standard InChI is InChI=1S/C19H30N4O/c1-14-12-20-18(23(14)17-7-8-17)11-15-9-10-22(13-15)19(24)21-16-5-3-2-4-6-16/h12,15-17H,2-11,13H2,1H3,(H,21,24)/t15-/m1/s1. The number of hydrogen-bond acceptors (Lipinski definition) is 2. The fourth-order valence-corrected chi connectivity index (χ4v) is 4.43. The number of rotatable bonds is 4. The van der Waals surface area contributed by atoms with E-state index in [1.165, 1.54) is 43.6 Å². The van der Waals surface area contributed by atoms with E-state index in [1.807, 2.05) is 11.1 Å². The summed E-state index contributed by atoms with van der Waals surface area (Å²) in [5.41, 5.74) is 1.29. The van der Waals surface area contributed by atoms with Gasteiger partial charge in [0.25, 0.3) is 0 Å². The average molecular weight is 330 g/mol. The van der Waals surface area contributed by atoms with Crippen molar-refractivity contribution >= 4 is 6.03 Å². The number of nitrogens with zero attached hydrogens (tertiary/aromatic N) is 3. The molecule has 3 fully saturated rings. The number of aryl methyl sites for hydroxylation is 1. The molecule has 24 heavy (non-hydrogen) atoms. The van der Waals surface area contributed by atoms with E-state index < -0.39 is 0 Å². The number of likely N-dealkylation sites (tertiary alicyclic amines) is 1. The first-order valence-electron chi connectivity index (χ1n) is 9.79. The first-order chi connectivity index (χ1) is 11.7. The first kappa shape index (κ1) is 16.0. The molecule has 5 nitrogen and oxygen atoms in total. The number of imidazole rings is 1. The number of urea groups is 1. The summed E-state index contributed by atoms with van der Waals surface area (Å²) < 4.78 is 2.44. The van der Waals surface area contributed by atoms with Gasteiger partial charge in [-0.3, -0.25) is 0 Å². The van der Waals surface area contributed by atoms with E-state index in [4.69, 9.17) is 0 Å². The topological polar surface area (TPSA) is 50.2 Å². The molecule has 1 saturated heterocycles. The molecule has 5 heteroatoms. The molecule has 132 valence electrons. The van der Waals surface area contributed by atoms with Gasteiger partial charge in [-0.15, -0.1) is 0 Å². The molecule has 2 amide bonds. The molecule has 1 aromatic rings. The Bertz CT molecular complexity index is 586. The predicted molar refractivity (Wildman–Crippen MR) is 94.0 cm³/mol. The van der Waals surface area contributed by atoms with Gasteiger partial charge in [0.05, 0.1) is 0 Å². The van der Waals surface area contributed by atoms with Crippen molar-refractivity contribution in [1.82, 2.24) is 19.8 Å². The van der Waals surface area contributed by atoms with E-state index in [1.54, 1.807) is 0 Å². The monoisotopic (exact) mass is 330 g/mol. The van der Waals surface area contributed by atoms with Crippen molar-refractivity contribution in [3.8, 4) is 0 Å². The molecular weight excluding hydrogens is 300 g/mol. The third-order valence-electron chi connectivity index (χ3n) is 5.95. The SMILES string of the molecule is Cc1cnc(C[C@H]2CCN(C(=O)NC3CCCCC3)C2)n1C1CC1. The van der Waals surface area contributed by atoms with Crippen LogP contribution in [0.1, 0.15) is 68.9 Å². The molecule has 1 aliphatic heterocycles. The largest absolute Gasteiger partial charge is 0.335 e. The number of carbonyl (C=O) groups excluding carboxylic acids is 1. The lowest BCUT2D eigenvalue weighted by atomic mass is 9.96. The van der Waals surface area contributed by atoms with Gasteiger partial charge in [0.15, 0.2) is 0 Å². The molecular formula is C19H30N4O. The molecule has 2 heterocycles. The summed E-state index contributed by atoms with van der Waals surface area (Å²) in [6, 6.07) is 1.25. The number of aromatic nitrogens is 2. The molecule has 1 N–H and O–H groups in total. The maximum Gasteiger partial charge on any atom is 0.317 e. The van der Waals surface area contributed by atoms with Crippen LogP contribution in [0.15, 0.2) is 6.20 Å². The Hall–Kier alpha value is -1.52. The quantitative estimate of drug-likeness (QED) is 0.919. The van der Waals surface area contributed by atoms with Crippen LogP contribution in [0, 0.1) is 12.8 Å². The number of nitrogens with one attached hydrogen (secondary N) is 1. The Balaban J connectivity index is 1.30. The molecule has 0 bridgehead atoms. The highest BCUT2D eigenvalue weighted by atomic mass is 16.2. The average Bonchev–Trinajstić information content (AvgIpc) is 3.19. The number of carbonyl (C=O) groups is 1. The van der Waals surface area contributed by atoms with Gasteiger partial charge in [0.1, 0.15) is 5.82 Å². The van der Waals surface area contributed by atoms with Crippen LogP contribution < -0.4 is 5.32 Å². The Morgan fingerprint density at radius 1 is 1.21 bits per heavy atom. The molecule has 0 unspecified atom stereocenters. The maximum absolute atomic E-state index is 12.5. The summed E-state index contributed by atoms with van der Waals surface area (Å²) in [6.07, 6.45) is 12.9. The predicted octanol–water partition coefficient (Wildman–Crippen LogP) is 3.43. The summed E-state index contributed by atoms with van der Waals surface area (Å²) in [5.74, 6) is 1.79. The number of amides is 2. The Kier molecular flexibility index (Phi) is 4.51. The van der Waals surface area contributed by atoms with Crippen molar-refractivity contribution in [1.29, 1.82) is 0 Å². The third-order valence-corrected chi connectivity index (χ3v) is 5.95. The highest BCUT2D eigenvalue weighted by molar-refractivity contribution is 5.74. The summed E-state index contributed by atoms with van der Waals surface area (Å²) >= 11 is 0. The van der Waals surface area contributed by atoms with E-state index >= 15 is 0 Å². The number of hydrogen-bond donors (Lipinski definition) is 1. The van der Waals surface area contributed by atoms with Crippen LogP contribution in [0.25, 0.3) is 0 Å². The zero-order valence-electron chi connectivity index (χ0n) is 14.8. The Morgan fingerprint density at radius 3 is 2.75 bits per heavy atom. The lowest BCUT2D eigenvalue weighted by molar-refractivity contribution is 0.198. The zero-order valence-corrected chi connectivity index (χ0v) is 14.8. The fourth-order valence-electron chi connectivity index (χ4n) is 4.43. The van der Waals surface area contributed by atoms with Crippen molar-refractivity contribution in [3.63, 3.8) is 0 Å². The van der Waals surface area contributed by atoms with E-state index in [0.29, 0.717) is 18.0 Å². The van der Waals surface area contributed by atoms with Crippen LogP contribution >= 0.6 is 0 Å². The minimum atomic E-state index is 0.158. The van der Waals surface area contributed by atoms with Gasteiger partial charge in [-0.1, -0.05) is 19.3 Å². The van der Waals surface area contributed by atoms with E-state index in [0.717, 1.165) is 38.8 Å². The highest BCUT2D eigenvalue weighted by Gasteiger charge is 2.31. The van der Waals surface area contributed by atoms with Gasteiger partial charge in [-0.25, -0.2) is 9.78 Å². The van der Waals surface area contributed by atoms with Crippen molar-refractivity contribution in [3.05, 3.63) is 17.7 Å². The highest BCUT2D eigenvalue weighted by Crippen LogP contribution is 2.37. The second-order valence-electron chi connectivity index (χ2n) is 8.01. The second-order valence-corrected chi connectivity index (χ2v) is 8.01. The maximum atomic E-state index is 12.5. The van der Waals surface area contributed by atoms with E-state index in [2.05, 4.69) is 21.8 Å². The molecule has 1 atom stereocenters. The van der Waals surface area contributed by atoms with Crippen LogP contribution in [-0.4, -0.2) is 39.6 Å². The minimum Gasteiger partial charge on any atom is -0.335 e. The molecule has 4 rings (SSSR count). The van der Waals surface area contributed by atoms with Crippen LogP contribution in [-0.2, 0) is 6.42 Å². The smallest absolute Gasteiger partial charge is 0.317 e. The summed E-state index contributed by atoms with van der Waals surface area (Å²) in [5, 5.41) is 3.26. The zero-order chi connectivity index (χ0) is 16.5. The second kappa shape index (κ2) is 6.77. The van der Waals surface area contributed by atoms with Crippen LogP contribution in [0.5, 0.6) is 0 Å². The lowest BCUT2D eigenvalue weighted by Crippen LogP contribution is -2.44. The molecule has 0 radical (unpaired) electrons. The molecule has 2 saturated carbocycles. The molecule has 2 aliphatic carbocycles. The van der Waals surface area contributed by atoms with Gasteiger partial charge in [-0.2, -0.15) is 0 Å². The molecule has 1 aromatic heterocycles. The lowest BCUT2D eigenvalue weighted by Gasteiger charge is -2.26. The molecule has 0 spiro atoms. The van der Waals surface area contributed by atoms with Crippen molar-refractivity contribution in [2.45, 2.75) is 76.8 Å². The van der Waals surface area contributed by atoms with Crippen LogP contribution in [0.3, 0.4) is 0 Å². The van der Waals surface area contributed by atoms with Crippen molar-refractivity contribution < 1.29 is 4.79 Å². The fraction of sp³-hybridized carbons (Fsp3) is 0.789. The summed E-state index contributed by atoms with van der Waals surface area (Å²) in [4.78, 5) is 19.2. The van der Waals surface area contributed by atoms with Gasteiger partial charge in [-0.05, 0) is 44.9 Å². The van der Waals surface area contributed by atoms with Crippen LogP contribution in [0.4, 0.5) is 4.79 Å². The van der Waals surface area contributed by atoms with Crippen molar-refractivity contribution in [2.24, 2.45) is 5.92 Å².